The van der Waals surface area contributed by atoms with Gasteiger partial charge in [-0.25, -0.2) is 4.39 Å². The predicted octanol–water partition coefficient (Wildman–Crippen LogP) is 2.31. The first-order chi connectivity index (χ1) is 6.74. The monoisotopic (exact) mass is 197 g/mol. The fourth-order valence-electron chi connectivity index (χ4n) is 1.41. The third kappa shape index (κ3) is 3.42. The van der Waals surface area contributed by atoms with Crippen LogP contribution in [0.1, 0.15) is 31.7 Å². The number of aliphatic hydroxyl groups is 1. The molecule has 1 N–H and O–H groups in total. The van der Waals surface area contributed by atoms with Crippen LogP contribution in [0.5, 0.6) is 0 Å². The van der Waals surface area contributed by atoms with Crippen LogP contribution in [0.2, 0.25) is 0 Å². The summed E-state index contributed by atoms with van der Waals surface area (Å²) in [4.78, 5) is 3.67. The maximum Gasteiger partial charge on any atom is 0.144 e. The van der Waals surface area contributed by atoms with E-state index < -0.39 is 0 Å². The van der Waals surface area contributed by atoms with Gasteiger partial charge in [0.1, 0.15) is 5.82 Å². The number of nitrogens with zero attached hydrogens (tertiary/aromatic N) is 1. The molecule has 0 spiro atoms. The Morgan fingerprint density at radius 1 is 1.50 bits per heavy atom. The lowest BCUT2D eigenvalue weighted by Gasteiger charge is -2.08. The van der Waals surface area contributed by atoms with E-state index in [1.54, 1.807) is 12.3 Å². The van der Waals surface area contributed by atoms with Gasteiger partial charge in [-0.05, 0) is 30.9 Å². The average Bonchev–Trinajstić information content (AvgIpc) is 2.17. The number of hydrogen-bond donors (Lipinski definition) is 1. The minimum absolute atomic E-state index is 0.281. The molecule has 78 valence electrons. The molecule has 14 heavy (non-hydrogen) atoms. The molecule has 1 atom stereocenters. The number of hydrogen-bond acceptors (Lipinski definition) is 2. The Balaban J connectivity index is 2.41. The molecular weight excluding hydrogens is 181 g/mol. The van der Waals surface area contributed by atoms with Crippen LogP contribution >= 0.6 is 0 Å². The Bertz CT molecular complexity index is 278. The molecule has 1 aromatic heterocycles. The van der Waals surface area contributed by atoms with E-state index in [2.05, 4.69) is 4.98 Å². The summed E-state index contributed by atoms with van der Waals surface area (Å²) in [6.45, 7) is 2.02. The Hall–Kier alpha value is -0.960. The third-order valence-electron chi connectivity index (χ3n) is 2.23. The standard InChI is InChI=1S/C11H16FNO/c1-2-3-10(14)5-4-9-6-7-13-8-11(9)12/h6-8,10,14H,2-5H2,1H3. The second-order valence-corrected chi connectivity index (χ2v) is 3.45. The smallest absolute Gasteiger partial charge is 0.144 e. The summed E-state index contributed by atoms with van der Waals surface area (Å²) < 4.78 is 13.1. The van der Waals surface area contributed by atoms with E-state index >= 15 is 0 Å². The van der Waals surface area contributed by atoms with Gasteiger partial charge >= 0.3 is 0 Å². The van der Waals surface area contributed by atoms with E-state index in [1.807, 2.05) is 6.92 Å². The molecule has 1 unspecified atom stereocenters. The summed E-state index contributed by atoms with van der Waals surface area (Å²) in [5.74, 6) is -0.281. The Labute approximate surface area is 83.8 Å². The highest BCUT2D eigenvalue weighted by Gasteiger charge is 2.06. The van der Waals surface area contributed by atoms with Crippen molar-refractivity contribution in [3.8, 4) is 0 Å². The molecule has 0 aliphatic heterocycles. The van der Waals surface area contributed by atoms with Gasteiger partial charge in [0.2, 0.25) is 0 Å². The van der Waals surface area contributed by atoms with Crippen molar-refractivity contribution in [2.45, 2.75) is 38.7 Å². The molecule has 3 heteroatoms. The summed E-state index contributed by atoms with van der Waals surface area (Å²) in [7, 11) is 0. The van der Waals surface area contributed by atoms with E-state index in [0.29, 0.717) is 18.4 Å². The predicted molar refractivity (Wildman–Crippen MR) is 53.4 cm³/mol. The molecular formula is C11H16FNO. The van der Waals surface area contributed by atoms with Crippen molar-refractivity contribution in [3.63, 3.8) is 0 Å². The van der Waals surface area contributed by atoms with Gasteiger partial charge in [-0.1, -0.05) is 13.3 Å². The highest BCUT2D eigenvalue weighted by atomic mass is 19.1. The van der Waals surface area contributed by atoms with Crippen molar-refractivity contribution >= 4 is 0 Å². The summed E-state index contributed by atoms with van der Waals surface area (Å²) in [5.41, 5.74) is 0.634. The Morgan fingerprint density at radius 3 is 2.93 bits per heavy atom. The van der Waals surface area contributed by atoms with Crippen molar-refractivity contribution in [1.82, 2.24) is 4.98 Å². The zero-order chi connectivity index (χ0) is 10.4. The Morgan fingerprint density at radius 2 is 2.29 bits per heavy atom. The maximum absolute atomic E-state index is 13.1. The van der Waals surface area contributed by atoms with E-state index in [-0.39, 0.29) is 11.9 Å². The van der Waals surface area contributed by atoms with Crippen molar-refractivity contribution in [1.29, 1.82) is 0 Å². The van der Waals surface area contributed by atoms with Gasteiger partial charge < -0.3 is 5.11 Å². The molecule has 0 amide bonds. The topological polar surface area (TPSA) is 33.1 Å². The van der Waals surface area contributed by atoms with Crippen molar-refractivity contribution in [2.24, 2.45) is 0 Å². The quantitative estimate of drug-likeness (QED) is 0.785. The number of aryl methyl sites for hydroxylation is 1. The summed E-state index contributed by atoms with van der Waals surface area (Å²) in [5, 5.41) is 9.46. The molecule has 1 aromatic rings. The van der Waals surface area contributed by atoms with E-state index in [1.165, 1.54) is 6.20 Å². The first-order valence-electron chi connectivity index (χ1n) is 5.00. The highest BCUT2D eigenvalue weighted by molar-refractivity contribution is 5.12. The molecule has 0 saturated heterocycles. The second kappa shape index (κ2) is 5.70. The van der Waals surface area contributed by atoms with Gasteiger partial charge in [0.15, 0.2) is 0 Å². The van der Waals surface area contributed by atoms with Gasteiger partial charge in [0.05, 0.1) is 12.3 Å². The van der Waals surface area contributed by atoms with Crippen LogP contribution < -0.4 is 0 Å². The van der Waals surface area contributed by atoms with Crippen LogP contribution in [0.15, 0.2) is 18.5 Å². The van der Waals surface area contributed by atoms with Crippen molar-refractivity contribution < 1.29 is 9.50 Å². The molecule has 0 aromatic carbocycles. The minimum Gasteiger partial charge on any atom is -0.393 e. The minimum atomic E-state index is -0.312. The molecule has 1 rings (SSSR count). The largest absolute Gasteiger partial charge is 0.393 e. The van der Waals surface area contributed by atoms with Crippen LogP contribution in [-0.4, -0.2) is 16.2 Å². The van der Waals surface area contributed by atoms with Gasteiger partial charge in [0, 0.05) is 6.20 Å². The summed E-state index contributed by atoms with van der Waals surface area (Å²) in [6, 6.07) is 1.66. The number of pyridine rings is 1. The summed E-state index contributed by atoms with van der Waals surface area (Å²) in [6.07, 6.45) is 5.41. The zero-order valence-corrected chi connectivity index (χ0v) is 8.41. The maximum atomic E-state index is 13.1. The first-order valence-corrected chi connectivity index (χ1v) is 5.00. The van der Waals surface area contributed by atoms with E-state index in [0.717, 1.165) is 12.8 Å². The number of rotatable bonds is 5. The van der Waals surface area contributed by atoms with Crippen molar-refractivity contribution in [3.05, 3.63) is 29.8 Å². The first kappa shape index (κ1) is 11.1. The SMILES string of the molecule is CCCC(O)CCc1ccncc1F. The highest BCUT2D eigenvalue weighted by Crippen LogP contribution is 2.10. The van der Waals surface area contributed by atoms with Crippen LogP contribution in [0.25, 0.3) is 0 Å². The zero-order valence-electron chi connectivity index (χ0n) is 8.41. The van der Waals surface area contributed by atoms with E-state index in [9.17, 15) is 9.50 Å². The number of aliphatic hydroxyl groups excluding tert-OH is 1. The normalized spacial score (nSPS) is 12.8. The number of aromatic nitrogens is 1. The molecule has 0 fully saturated rings. The molecule has 2 nitrogen and oxygen atoms in total. The lowest BCUT2D eigenvalue weighted by atomic mass is 10.0. The van der Waals surface area contributed by atoms with Crippen LogP contribution in [0.4, 0.5) is 4.39 Å². The van der Waals surface area contributed by atoms with Gasteiger partial charge in [-0.2, -0.15) is 0 Å². The van der Waals surface area contributed by atoms with Crippen LogP contribution in [0, 0.1) is 5.82 Å². The summed E-state index contributed by atoms with van der Waals surface area (Å²) >= 11 is 0. The van der Waals surface area contributed by atoms with Gasteiger partial charge in [-0.3, -0.25) is 4.98 Å². The molecule has 0 bridgehead atoms. The Kier molecular flexibility index (Phi) is 4.53. The van der Waals surface area contributed by atoms with Crippen molar-refractivity contribution in [2.75, 3.05) is 0 Å². The number of halogens is 1. The van der Waals surface area contributed by atoms with E-state index in [4.69, 9.17) is 0 Å². The third-order valence-corrected chi connectivity index (χ3v) is 2.23. The fourth-order valence-corrected chi connectivity index (χ4v) is 1.41. The molecule has 0 aliphatic carbocycles. The lowest BCUT2D eigenvalue weighted by Crippen LogP contribution is -2.07. The van der Waals surface area contributed by atoms with Gasteiger partial charge in [-0.15, -0.1) is 0 Å². The van der Waals surface area contributed by atoms with Gasteiger partial charge in [0.25, 0.3) is 0 Å². The molecule has 0 saturated carbocycles. The van der Waals surface area contributed by atoms with Crippen LogP contribution in [-0.2, 0) is 6.42 Å². The second-order valence-electron chi connectivity index (χ2n) is 3.45. The molecule has 0 radical (unpaired) electrons. The molecule has 1 heterocycles. The fraction of sp³-hybridized carbons (Fsp3) is 0.545. The lowest BCUT2D eigenvalue weighted by molar-refractivity contribution is 0.153. The molecule has 0 aliphatic rings. The average molecular weight is 197 g/mol. The van der Waals surface area contributed by atoms with Crippen LogP contribution in [0.3, 0.4) is 0 Å².